The molecule has 0 unspecified atom stereocenters. The number of anilines is 1. The lowest BCUT2D eigenvalue weighted by molar-refractivity contribution is -0.274. The summed E-state index contributed by atoms with van der Waals surface area (Å²) in [5, 5.41) is 14.3. The number of thioether (sulfide) groups is 1. The molecule has 0 fully saturated rings. The van der Waals surface area contributed by atoms with Crippen LogP contribution in [0.25, 0.3) is 15.9 Å². The van der Waals surface area contributed by atoms with E-state index in [1.54, 1.807) is 6.92 Å². The summed E-state index contributed by atoms with van der Waals surface area (Å²) in [7, 11) is 0. The molecule has 0 saturated heterocycles. The molecule has 0 radical (unpaired) electrons. The van der Waals surface area contributed by atoms with Crippen LogP contribution in [0.4, 0.5) is 18.3 Å². The topological polar surface area (TPSA) is 94.8 Å². The van der Waals surface area contributed by atoms with Crippen molar-refractivity contribution in [3.8, 4) is 11.4 Å². The quantitative estimate of drug-likeness (QED) is 0.424. The van der Waals surface area contributed by atoms with Gasteiger partial charge in [-0.1, -0.05) is 35.2 Å². The maximum Gasteiger partial charge on any atom is 0.573 e. The molecular weight excluding hydrogens is 453 g/mol. The molecule has 0 bridgehead atoms. The highest BCUT2D eigenvalue weighted by Crippen LogP contribution is 2.29. The van der Waals surface area contributed by atoms with Gasteiger partial charge in [-0.2, -0.15) is 4.68 Å². The molecule has 4 aromatic rings. The van der Waals surface area contributed by atoms with Crippen molar-refractivity contribution >= 4 is 44.4 Å². The molecule has 1 N–H and O–H groups in total. The van der Waals surface area contributed by atoms with E-state index in [-0.39, 0.29) is 11.7 Å². The van der Waals surface area contributed by atoms with Gasteiger partial charge in [-0.15, -0.1) is 18.3 Å². The lowest BCUT2D eigenvalue weighted by atomic mass is 10.3. The average Bonchev–Trinajstić information content (AvgIpc) is 3.33. The summed E-state index contributed by atoms with van der Waals surface area (Å²) in [6, 6.07) is 12.6. The first-order valence-corrected chi connectivity index (χ1v) is 10.5. The van der Waals surface area contributed by atoms with E-state index >= 15 is 0 Å². The minimum Gasteiger partial charge on any atom is -0.406 e. The summed E-state index contributed by atoms with van der Waals surface area (Å²) in [5.41, 5.74) is 1.21. The van der Waals surface area contributed by atoms with Crippen LogP contribution in [-0.2, 0) is 4.79 Å². The second-order valence-electron chi connectivity index (χ2n) is 6.15. The number of carbonyl (C=O) groups excluding carboxylic acids is 1. The Morgan fingerprint density at radius 3 is 2.65 bits per heavy atom. The van der Waals surface area contributed by atoms with Crippen LogP contribution < -0.4 is 10.1 Å². The molecule has 0 aliphatic heterocycles. The fourth-order valence-electron chi connectivity index (χ4n) is 2.55. The van der Waals surface area contributed by atoms with Gasteiger partial charge >= 0.3 is 6.36 Å². The second kappa shape index (κ2) is 8.51. The van der Waals surface area contributed by atoms with Crippen molar-refractivity contribution in [3.63, 3.8) is 0 Å². The van der Waals surface area contributed by atoms with Crippen molar-refractivity contribution in [1.29, 1.82) is 0 Å². The largest absolute Gasteiger partial charge is 0.573 e. The molecule has 13 heteroatoms. The Bertz CT molecular complexity index is 1180. The SMILES string of the molecule is C[C@@H](Sc1nnnn1-c1ccc(OC(F)(F)F)cc1)C(=O)Nc1nc2ccccc2s1. The number of alkyl halides is 3. The molecule has 4 rings (SSSR count). The zero-order valence-electron chi connectivity index (χ0n) is 15.7. The zero-order valence-corrected chi connectivity index (χ0v) is 17.3. The fourth-order valence-corrected chi connectivity index (χ4v) is 4.22. The predicted molar refractivity (Wildman–Crippen MR) is 109 cm³/mol. The first-order chi connectivity index (χ1) is 14.8. The number of thiazole rings is 1. The van der Waals surface area contributed by atoms with Crippen LogP contribution in [0.2, 0.25) is 0 Å². The Morgan fingerprint density at radius 2 is 1.94 bits per heavy atom. The third-order valence-electron chi connectivity index (χ3n) is 3.93. The number of nitrogens with one attached hydrogen (secondary N) is 1. The number of para-hydroxylation sites is 1. The van der Waals surface area contributed by atoms with Crippen molar-refractivity contribution in [2.75, 3.05) is 5.32 Å². The van der Waals surface area contributed by atoms with E-state index < -0.39 is 11.6 Å². The summed E-state index contributed by atoms with van der Waals surface area (Å²) < 4.78 is 43.1. The van der Waals surface area contributed by atoms with E-state index in [0.29, 0.717) is 16.0 Å². The summed E-state index contributed by atoms with van der Waals surface area (Å²) >= 11 is 2.47. The minimum atomic E-state index is -4.77. The standard InChI is InChI=1S/C18H13F3N6O2S2/c1-10(15(28)23-16-22-13-4-2-3-5-14(13)31-16)30-17-24-25-26-27(17)11-6-8-12(9-7-11)29-18(19,20)21/h2-10H,1H3,(H,22,23,28)/t10-/m1/s1. The monoisotopic (exact) mass is 466 g/mol. The Labute approximate surface area is 181 Å². The Morgan fingerprint density at radius 1 is 1.19 bits per heavy atom. The molecule has 1 amide bonds. The third-order valence-corrected chi connectivity index (χ3v) is 5.92. The highest BCUT2D eigenvalue weighted by Gasteiger charge is 2.31. The smallest absolute Gasteiger partial charge is 0.406 e. The van der Waals surface area contributed by atoms with Gasteiger partial charge in [0.2, 0.25) is 11.1 Å². The van der Waals surface area contributed by atoms with E-state index in [1.807, 2.05) is 24.3 Å². The van der Waals surface area contributed by atoms with Crippen molar-refractivity contribution in [3.05, 3.63) is 48.5 Å². The van der Waals surface area contributed by atoms with Crippen molar-refractivity contribution in [1.82, 2.24) is 25.2 Å². The summed E-state index contributed by atoms with van der Waals surface area (Å²) in [6.45, 7) is 1.69. The Balaban J connectivity index is 1.44. The first kappa shape index (κ1) is 21.1. The van der Waals surface area contributed by atoms with Crippen molar-refractivity contribution in [2.45, 2.75) is 23.7 Å². The fraction of sp³-hybridized carbons (Fsp3) is 0.167. The molecule has 2 aromatic heterocycles. The molecule has 1 atom stereocenters. The van der Waals surface area contributed by atoms with Crippen LogP contribution in [0.5, 0.6) is 5.75 Å². The van der Waals surface area contributed by atoms with E-state index in [1.165, 1.54) is 28.2 Å². The Hall–Kier alpha value is -3.19. The number of aromatic nitrogens is 5. The lowest BCUT2D eigenvalue weighted by Crippen LogP contribution is -2.22. The number of fused-ring (bicyclic) bond motifs is 1. The molecule has 0 spiro atoms. The third kappa shape index (κ3) is 5.11. The number of amides is 1. The predicted octanol–water partition coefficient (Wildman–Crippen LogP) is 4.29. The molecule has 2 aromatic carbocycles. The van der Waals surface area contributed by atoms with Crippen LogP contribution in [0, 0.1) is 0 Å². The highest BCUT2D eigenvalue weighted by molar-refractivity contribution is 8.00. The van der Waals surface area contributed by atoms with E-state index in [2.05, 4.69) is 30.6 Å². The lowest BCUT2D eigenvalue weighted by Gasteiger charge is -2.11. The van der Waals surface area contributed by atoms with E-state index in [0.717, 1.165) is 34.1 Å². The van der Waals surface area contributed by atoms with Gasteiger partial charge in [0.25, 0.3) is 0 Å². The maximum absolute atomic E-state index is 12.6. The van der Waals surface area contributed by atoms with Crippen LogP contribution >= 0.6 is 23.1 Å². The molecule has 8 nitrogen and oxygen atoms in total. The number of halogens is 3. The van der Waals surface area contributed by atoms with Gasteiger partial charge in [0, 0.05) is 0 Å². The van der Waals surface area contributed by atoms with Gasteiger partial charge in [0.1, 0.15) is 5.75 Å². The number of hydrogen-bond acceptors (Lipinski definition) is 8. The number of nitrogens with zero attached hydrogens (tertiary/aromatic N) is 5. The molecule has 2 heterocycles. The van der Waals surface area contributed by atoms with Gasteiger partial charge < -0.3 is 10.1 Å². The van der Waals surface area contributed by atoms with Gasteiger partial charge in [-0.05, 0) is 53.7 Å². The first-order valence-electron chi connectivity index (χ1n) is 8.76. The number of rotatable bonds is 6. The molecular formula is C18H13F3N6O2S2. The minimum absolute atomic E-state index is 0.285. The average molecular weight is 466 g/mol. The zero-order chi connectivity index (χ0) is 22.0. The summed E-state index contributed by atoms with van der Waals surface area (Å²) in [4.78, 5) is 16.9. The number of hydrogen-bond donors (Lipinski definition) is 1. The highest BCUT2D eigenvalue weighted by atomic mass is 32.2. The number of tetrazole rings is 1. The molecule has 160 valence electrons. The summed E-state index contributed by atoms with van der Waals surface area (Å²) in [5.74, 6) is -0.644. The normalized spacial score (nSPS) is 12.6. The van der Waals surface area contributed by atoms with Crippen LogP contribution in [0.3, 0.4) is 0 Å². The number of ether oxygens (including phenoxy) is 1. The van der Waals surface area contributed by atoms with E-state index in [9.17, 15) is 18.0 Å². The maximum atomic E-state index is 12.6. The number of benzene rings is 2. The molecule has 31 heavy (non-hydrogen) atoms. The summed E-state index contributed by atoms with van der Waals surface area (Å²) in [6.07, 6.45) is -4.77. The van der Waals surface area contributed by atoms with Gasteiger partial charge in [-0.3, -0.25) is 4.79 Å². The second-order valence-corrected chi connectivity index (χ2v) is 8.49. The molecule has 0 saturated carbocycles. The molecule has 0 aliphatic rings. The van der Waals surface area contributed by atoms with Gasteiger partial charge in [0.05, 0.1) is 21.2 Å². The van der Waals surface area contributed by atoms with Crippen molar-refractivity contribution in [2.24, 2.45) is 0 Å². The molecule has 0 aliphatic carbocycles. The van der Waals surface area contributed by atoms with Gasteiger partial charge in [-0.25, -0.2) is 4.98 Å². The van der Waals surface area contributed by atoms with E-state index in [4.69, 9.17) is 0 Å². The van der Waals surface area contributed by atoms with Crippen LogP contribution in [0.15, 0.2) is 53.7 Å². The van der Waals surface area contributed by atoms with Crippen molar-refractivity contribution < 1.29 is 22.7 Å². The number of carbonyl (C=O) groups is 1. The van der Waals surface area contributed by atoms with Crippen LogP contribution in [-0.4, -0.2) is 42.7 Å². The van der Waals surface area contributed by atoms with Gasteiger partial charge in [0.15, 0.2) is 5.13 Å². The Kier molecular flexibility index (Phi) is 5.78. The van der Waals surface area contributed by atoms with Crippen LogP contribution in [0.1, 0.15) is 6.92 Å².